The van der Waals surface area contributed by atoms with E-state index in [1.165, 1.54) is 10.7 Å². The Kier molecular flexibility index (Phi) is 6.70. The number of rotatable bonds is 7. The van der Waals surface area contributed by atoms with E-state index in [0.29, 0.717) is 28.4 Å². The molecule has 3 N–H and O–H groups in total. The summed E-state index contributed by atoms with van der Waals surface area (Å²) in [4.78, 5) is 24.9. The molecular weight excluding hydrogens is 440 g/mol. The van der Waals surface area contributed by atoms with Crippen LogP contribution < -0.4 is 10.6 Å². The van der Waals surface area contributed by atoms with Crippen molar-refractivity contribution in [3.63, 3.8) is 0 Å². The molecule has 1 fully saturated rings. The quantitative estimate of drug-likeness (QED) is 0.426. The zero-order valence-electron chi connectivity index (χ0n) is 18.6. The van der Waals surface area contributed by atoms with Crippen molar-refractivity contribution in [1.82, 2.24) is 15.1 Å². The molecule has 0 spiro atoms. The van der Waals surface area contributed by atoms with Crippen LogP contribution in [0.2, 0.25) is 5.02 Å². The van der Waals surface area contributed by atoms with Crippen LogP contribution in [0.5, 0.6) is 5.75 Å². The number of halogens is 1. The molecule has 2 aromatic carbocycles. The molecule has 7 nitrogen and oxygen atoms in total. The lowest BCUT2D eigenvalue weighted by atomic mass is 10.1. The molecule has 1 heterocycles. The van der Waals surface area contributed by atoms with Gasteiger partial charge in [-0.05, 0) is 48.6 Å². The largest absolute Gasteiger partial charge is 0.507 e. The Hall–Kier alpha value is -3.32. The van der Waals surface area contributed by atoms with Crippen LogP contribution >= 0.6 is 11.6 Å². The van der Waals surface area contributed by atoms with Crippen LogP contribution in [0, 0.1) is 5.92 Å². The minimum atomic E-state index is -0.347. The van der Waals surface area contributed by atoms with Crippen LogP contribution in [0.15, 0.2) is 48.5 Å². The molecule has 0 atom stereocenters. The van der Waals surface area contributed by atoms with Gasteiger partial charge in [0.05, 0.1) is 11.4 Å². The molecule has 8 heteroatoms. The van der Waals surface area contributed by atoms with Gasteiger partial charge in [-0.25, -0.2) is 4.79 Å². The first-order valence-electron chi connectivity index (χ1n) is 11.1. The van der Waals surface area contributed by atoms with Gasteiger partial charge in [-0.1, -0.05) is 43.6 Å². The average Bonchev–Trinajstić information content (AvgIpc) is 3.51. The fourth-order valence-corrected chi connectivity index (χ4v) is 3.86. The van der Waals surface area contributed by atoms with E-state index in [0.717, 1.165) is 24.1 Å². The molecule has 0 saturated heterocycles. The van der Waals surface area contributed by atoms with Gasteiger partial charge in [-0.3, -0.25) is 4.79 Å². The number of phenolic OH excluding ortho intramolecular Hbond substituents is 1. The molecular formula is C25H27ClN4O3. The maximum atomic E-state index is 12.9. The first kappa shape index (κ1) is 22.9. The number of aromatic nitrogens is 2. The minimum Gasteiger partial charge on any atom is -0.507 e. The van der Waals surface area contributed by atoms with E-state index in [1.54, 1.807) is 18.2 Å². The molecule has 172 valence electrons. The molecule has 1 saturated carbocycles. The van der Waals surface area contributed by atoms with Gasteiger partial charge in [0, 0.05) is 41.2 Å². The van der Waals surface area contributed by atoms with Crippen LogP contribution in [-0.2, 0) is 11.3 Å². The van der Waals surface area contributed by atoms with E-state index in [9.17, 15) is 14.7 Å². The van der Waals surface area contributed by atoms with E-state index in [4.69, 9.17) is 11.6 Å². The molecule has 0 bridgehead atoms. The summed E-state index contributed by atoms with van der Waals surface area (Å²) >= 11 is 6.19. The summed E-state index contributed by atoms with van der Waals surface area (Å²) in [6, 6.07) is 13.8. The van der Waals surface area contributed by atoms with Crippen molar-refractivity contribution in [2.24, 2.45) is 5.92 Å². The Morgan fingerprint density at radius 3 is 2.61 bits per heavy atom. The summed E-state index contributed by atoms with van der Waals surface area (Å²) in [5.74, 6) is 0.397. The Bertz CT molecular complexity index is 1180. The lowest BCUT2D eigenvalue weighted by Gasteiger charge is -2.09. The van der Waals surface area contributed by atoms with Crippen LogP contribution in [0.4, 0.5) is 10.5 Å². The fraction of sp³-hybridized carbons (Fsp3) is 0.320. The monoisotopic (exact) mass is 466 g/mol. The van der Waals surface area contributed by atoms with Gasteiger partial charge in [0.25, 0.3) is 0 Å². The van der Waals surface area contributed by atoms with Crippen molar-refractivity contribution in [3.05, 3.63) is 64.8 Å². The predicted molar refractivity (Wildman–Crippen MR) is 128 cm³/mol. The predicted octanol–water partition coefficient (Wildman–Crippen LogP) is 5.53. The van der Waals surface area contributed by atoms with Gasteiger partial charge in [0.2, 0.25) is 5.91 Å². The summed E-state index contributed by atoms with van der Waals surface area (Å²) in [6.45, 7) is 4.23. The van der Waals surface area contributed by atoms with Gasteiger partial charge >= 0.3 is 6.03 Å². The fourth-order valence-electron chi connectivity index (χ4n) is 3.66. The van der Waals surface area contributed by atoms with Gasteiger partial charge in [-0.15, -0.1) is 0 Å². The third-order valence-corrected chi connectivity index (χ3v) is 5.83. The van der Waals surface area contributed by atoms with E-state index in [2.05, 4.69) is 15.7 Å². The molecule has 0 unspecified atom stereocenters. The average molecular weight is 467 g/mol. The van der Waals surface area contributed by atoms with Crippen molar-refractivity contribution in [2.45, 2.75) is 45.6 Å². The SMILES string of the molecule is CC(C)CC(=O)Nc1ccc(-c2cc(C3CC3)n(C(=O)NCc3ccccc3Cl)n2)c(O)c1. The van der Waals surface area contributed by atoms with Crippen LogP contribution in [0.25, 0.3) is 11.3 Å². The number of carbonyl (C=O) groups excluding carboxylic acids is 2. The van der Waals surface area contributed by atoms with Crippen LogP contribution in [-0.4, -0.2) is 26.8 Å². The first-order valence-corrected chi connectivity index (χ1v) is 11.4. The second-order valence-electron chi connectivity index (χ2n) is 8.77. The Labute approximate surface area is 197 Å². The third kappa shape index (κ3) is 5.54. The third-order valence-electron chi connectivity index (χ3n) is 5.46. The van der Waals surface area contributed by atoms with Crippen LogP contribution in [0.1, 0.15) is 50.3 Å². The van der Waals surface area contributed by atoms with Gasteiger partial charge in [-0.2, -0.15) is 9.78 Å². The number of aromatic hydroxyl groups is 1. The van der Waals surface area contributed by atoms with Crippen molar-refractivity contribution >= 4 is 29.2 Å². The van der Waals surface area contributed by atoms with Crippen molar-refractivity contribution in [1.29, 1.82) is 0 Å². The number of nitrogens with one attached hydrogen (secondary N) is 2. The Morgan fingerprint density at radius 2 is 1.94 bits per heavy atom. The standard InChI is InChI=1S/C25H27ClN4O3/c1-15(2)11-24(32)28-18-9-10-19(23(31)12-18)21-13-22(16-7-8-16)30(29-21)25(33)27-14-17-5-3-4-6-20(17)26/h3-6,9-10,12-13,15-16,31H,7-8,11,14H2,1-2H3,(H,27,33)(H,28,32). The molecule has 2 amide bonds. The lowest BCUT2D eigenvalue weighted by Crippen LogP contribution is -2.30. The maximum absolute atomic E-state index is 12.9. The van der Waals surface area contributed by atoms with Gasteiger partial charge < -0.3 is 15.7 Å². The second kappa shape index (κ2) is 9.67. The molecule has 4 rings (SSSR count). The number of phenols is 1. The molecule has 1 aliphatic rings. The highest BCUT2D eigenvalue weighted by atomic mass is 35.5. The number of hydrogen-bond donors (Lipinski definition) is 3. The molecule has 1 aromatic heterocycles. The van der Waals surface area contributed by atoms with E-state index < -0.39 is 0 Å². The molecule has 33 heavy (non-hydrogen) atoms. The lowest BCUT2D eigenvalue weighted by molar-refractivity contribution is -0.116. The number of amides is 2. The molecule has 0 radical (unpaired) electrons. The number of hydrogen-bond acceptors (Lipinski definition) is 4. The van der Waals surface area contributed by atoms with Crippen LogP contribution in [0.3, 0.4) is 0 Å². The summed E-state index contributed by atoms with van der Waals surface area (Å²) < 4.78 is 1.38. The highest BCUT2D eigenvalue weighted by molar-refractivity contribution is 6.31. The number of anilines is 1. The summed E-state index contributed by atoms with van der Waals surface area (Å²) in [5.41, 5.74) is 3.15. The van der Waals surface area contributed by atoms with Crippen molar-refractivity contribution in [3.8, 4) is 17.0 Å². The molecule has 0 aliphatic heterocycles. The number of carbonyl (C=O) groups is 2. The van der Waals surface area contributed by atoms with Gasteiger partial charge in [0.1, 0.15) is 5.75 Å². The van der Waals surface area contributed by atoms with E-state index in [1.807, 2.05) is 38.1 Å². The Morgan fingerprint density at radius 1 is 1.18 bits per heavy atom. The zero-order chi connectivity index (χ0) is 23.5. The normalized spacial score (nSPS) is 13.2. The summed E-state index contributed by atoms with van der Waals surface area (Å²) in [6.07, 6.45) is 2.40. The summed E-state index contributed by atoms with van der Waals surface area (Å²) in [7, 11) is 0. The minimum absolute atomic E-state index is 0.0131. The smallest absolute Gasteiger partial charge is 0.342 e. The van der Waals surface area contributed by atoms with E-state index >= 15 is 0 Å². The zero-order valence-corrected chi connectivity index (χ0v) is 19.4. The maximum Gasteiger partial charge on any atom is 0.342 e. The second-order valence-corrected chi connectivity index (χ2v) is 9.18. The van der Waals surface area contributed by atoms with Crippen molar-refractivity contribution in [2.75, 3.05) is 5.32 Å². The topological polar surface area (TPSA) is 96.3 Å². The van der Waals surface area contributed by atoms with Crippen molar-refractivity contribution < 1.29 is 14.7 Å². The molecule has 1 aliphatic carbocycles. The molecule has 3 aromatic rings. The van der Waals surface area contributed by atoms with E-state index in [-0.39, 0.29) is 36.1 Å². The number of nitrogens with zero attached hydrogens (tertiary/aromatic N) is 2. The Balaban J connectivity index is 1.53. The highest BCUT2D eigenvalue weighted by Crippen LogP contribution is 2.42. The van der Waals surface area contributed by atoms with Gasteiger partial charge in [0.15, 0.2) is 0 Å². The highest BCUT2D eigenvalue weighted by Gasteiger charge is 2.30. The first-order chi connectivity index (χ1) is 15.8. The number of benzene rings is 2. The summed E-state index contributed by atoms with van der Waals surface area (Å²) in [5, 5.41) is 21.3.